The van der Waals surface area contributed by atoms with Crippen molar-refractivity contribution in [1.29, 1.82) is 0 Å². The Kier molecular flexibility index (Phi) is 3.61. The summed E-state index contributed by atoms with van der Waals surface area (Å²) in [6, 6.07) is 4.97. The van der Waals surface area contributed by atoms with E-state index in [1.54, 1.807) is 18.2 Å². The van der Waals surface area contributed by atoms with Gasteiger partial charge in [-0.1, -0.05) is 29.5 Å². The van der Waals surface area contributed by atoms with E-state index in [0.717, 1.165) is 5.56 Å². The number of carbonyl (C=O) groups excluding carboxylic acids is 2. The normalized spacial score (nSPS) is 16.7. The molecule has 0 saturated carbocycles. The first-order valence-corrected chi connectivity index (χ1v) is 6.75. The lowest BCUT2D eigenvalue weighted by Crippen LogP contribution is -2.31. The molecule has 0 saturated heterocycles. The van der Waals surface area contributed by atoms with E-state index < -0.39 is 3.42 Å². The van der Waals surface area contributed by atoms with Gasteiger partial charge in [-0.25, -0.2) is 0 Å². The Morgan fingerprint density at radius 2 is 2.28 bits per heavy atom. The molecular formula is C13H13IO4. The molecule has 4 nitrogen and oxygen atoms in total. The van der Waals surface area contributed by atoms with Crippen LogP contribution in [0.15, 0.2) is 18.2 Å². The van der Waals surface area contributed by atoms with Crippen molar-refractivity contribution in [3.05, 3.63) is 23.8 Å². The van der Waals surface area contributed by atoms with Gasteiger partial charge in [0.2, 0.25) is 0 Å². The van der Waals surface area contributed by atoms with E-state index in [4.69, 9.17) is 9.47 Å². The number of rotatable bonds is 3. The van der Waals surface area contributed by atoms with Gasteiger partial charge in [-0.15, -0.1) is 0 Å². The van der Waals surface area contributed by atoms with Gasteiger partial charge in [-0.2, -0.15) is 0 Å². The Morgan fingerprint density at radius 1 is 1.56 bits per heavy atom. The number of benzene rings is 1. The Hall–Kier alpha value is -1.11. The number of hydrogen-bond acceptors (Lipinski definition) is 4. The van der Waals surface area contributed by atoms with Gasteiger partial charge in [-0.3, -0.25) is 9.59 Å². The Bertz CT molecular complexity index is 508. The van der Waals surface area contributed by atoms with Gasteiger partial charge in [-0.05, 0) is 31.5 Å². The summed E-state index contributed by atoms with van der Waals surface area (Å²) in [5.74, 6) is 0.442. The largest absolute Gasteiger partial charge is 0.426 e. The molecule has 0 bridgehead atoms. The first-order chi connectivity index (χ1) is 8.42. The molecule has 1 unspecified atom stereocenters. The minimum Gasteiger partial charge on any atom is -0.426 e. The van der Waals surface area contributed by atoms with Crippen molar-refractivity contribution in [1.82, 2.24) is 0 Å². The van der Waals surface area contributed by atoms with E-state index >= 15 is 0 Å². The van der Waals surface area contributed by atoms with Crippen molar-refractivity contribution in [2.75, 3.05) is 0 Å². The smallest absolute Gasteiger partial charge is 0.327 e. The predicted octanol–water partition coefficient (Wildman–Crippen LogP) is 2.66. The van der Waals surface area contributed by atoms with Gasteiger partial charge < -0.3 is 9.47 Å². The van der Waals surface area contributed by atoms with E-state index in [-0.39, 0.29) is 18.4 Å². The fraction of sp³-hybridized carbons (Fsp3) is 0.385. The monoisotopic (exact) mass is 360 g/mol. The third-order valence-corrected chi connectivity index (χ3v) is 4.09. The number of ether oxygens (including phenoxy) is 2. The minimum atomic E-state index is -0.539. The van der Waals surface area contributed by atoms with Crippen molar-refractivity contribution in [3.8, 4) is 11.5 Å². The summed E-state index contributed by atoms with van der Waals surface area (Å²) in [5.41, 5.74) is 0.761. The molecular weight excluding hydrogens is 347 g/mol. The van der Waals surface area contributed by atoms with Crippen LogP contribution in [0.3, 0.4) is 0 Å². The first-order valence-electron chi connectivity index (χ1n) is 5.67. The van der Waals surface area contributed by atoms with Crippen LogP contribution in [0.5, 0.6) is 11.5 Å². The zero-order chi connectivity index (χ0) is 13.3. The average molecular weight is 360 g/mol. The molecule has 1 aliphatic heterocycles. The third kappa shape index (κ3) is 2.66. The van der Waals surface area contributed by atoms with Gasteiger partial charge in [0.1, 0.15) is 14.9 Å². The van der Waals surface area contributed by atoms with E-state index in [1.165, 1.54) is 0 Å². The molecule has 18 heavy (non-hydrogen) atoms. The molecule has 96 valence electrons. The van der Waals surface area contributed by atoms with Gasteiger partial charge in [0.15, 0.2) is 0 Å². The topological polar surface area (TPSA) is 52.6 Å². The summed E-state index contributed by atoms with van der Waals surface area (Å²) in [4.78, 5) is 23.0. The van der Waals surface area contributed by atoms with Crippen LogP contribution in [0, 0.1) is 0 Å². The van der Waals surface area contributed by atoms with Crippen molar-refractivity contribution >= 4 is 34.5 Å². The SMILES string of the molecule is CCC(C)(I)C(=O)Oc1ccc2c(c1)CC(=O)O2. The molecule has 5 heteroatoms. The molecule has 1 atom stereocenters. The van der Waals surface area contributed by atoms with Crippen LogP contribution in [0.25, 0.3) is 0 Å². The summed E-state index contributed by atoms with van der Waals surface area (Å²) in [5, 5.41) is 0. The minimum absolute atomic E-state index is 0.232. The maximum Gasteiger partial charge on any atom is 0.327 e. The molecule has 0 aromatic heterocycles. The molecule has 0 N–H and O–H groups in total. The predicted molar refractivity (Wildman–Crippen MR) is 74.1 cm³/mol. The van der Waals surface area contributed by atoms with Crippen LogP contribution in [0.2, 0.25) is 0 Å². The Labute approximate surface area is 119 Å². The number of alkyl halides is 1. The van der Waals surface area contributed by atoms with Gasteiger partial charge >= 0.3 is 11.9 Å². The number of halogens is 1. The summed E-state index contributed by atoms with van der Waals surface area (Å²) < 4.78 is 9.75. The fourth-order valence-electron chi connectivity index (χ4n) is 1.53. The highest BCUT2D eigenvalue weighted by Gasteiger charge is 2.30. The second-order valence-corrected chi connectivity index (χ2v) is 6.74. The molecule has 1 aromatic rings. The average Bonchev–Trinajstić information content (AvgIpc) is 2.68. The lowest BCUT2D eigenvalue weighted by atomic mass is 10.1. The highest BCUT2D eigenvalue weighted by molar-refractivity contribution is 14.1. The second-order valence-electron chi connectivity index (χ2n) is 4.36. The first kappa shape index (κ1) is 13.3. The van der Waals surface area contributed by atoms with E-state index in [2.05, 4.69) is 22.6 Å². The Balaban J connectivity index is 2.15. The maximum atomic E-state index is 11.9. The summed E-state index contributed by atoms with van der Waals surface area (Å²) >= 11 is 2.08. The zero-order valence-electron chi connectivity index (χ0n) is 10.2. The quantitative estimate of drug-likeness (QED) is 0.360. The lowest BCUT2D eigenvalue weighted by molar-refractivity contribution is -0.136. The van der Waals surface area contributed by atoms with Gasteiger partial charge in [0.25, 0.3) is 0 Å². The van der Waals surface area contributed by atoms with Gasteiger partial charge in [0, 0.05) is 5.56 Å². The molecule has 0 radical (unpaired) electrons. The molecule has 1 aromatic carbocycles. The Morgan fingerprint density at radius 3 is 2.94 bits per heavy atom. The zero-order valence-corrected chi connectivity index (χ0v) is 12.3. The highest BCUT2D eigenvalue weighted by Crippen LogP contribution is 2.31. The summed E-state index contributed by atoms with van der Waals surface area (Å²) in [6.45, 7) is 3.76. The van der Waals surface area contributed by atoms with Crippen molar-refractivity contribution < 1.29 is 19.1 Å². The van der Waals surface area contributed by atoms with Crippen molar-refractivity contribution in [3.63, 3.8) is 0 Å². The van der Waals surface area contributed by atoms with Crippen LogP contribution < -0.4 is 9.47 Å². The summed E-state index contributed by atoms with van der Waals surface area (Å²) in [6.07, 6.45) is 0.926. The fourth-order valence-corrected chi connectivity index (χ4v) is 1.64. The molecule has 1 aliphatic rings. The molecule has 0 fully saturated rings. The standard InChI is InChI=1S/C13H13IO4/c1-3-13(2,14)12(16)17-9-4-5-10-8(6-9)7-11(15)18-10/h4-6H,3,7H2,1-2H3. The van der Waals surface area contributed by atoms with Crippen molar-refractivity contribution in [2.24, 2.45) is 0 Å². The molecule has 0 amide bonds. The third-order valence-electron chi connectivity index (χ3n) is 2.89. The highest BCUT2D eigenvalue weighted by atomic mass is 127. The van der Waals surface area contributed by atoms with Crippen LogP contribution in [0.1, 0.15) is 25.8 Å². The molecule has 2 rings (SSSR count). The van der Waals surface area contributed by atoms with Crippen LogP contribution in [-0.4, -0.2) is 15.4 Å². The second kappa shape index (κ2) is 4.87. The molecule has 0 aliphatic carbocycles. The van der Waals surface area contributed by atoms with Gasteiger partial charge in [0.05, 0.1) is 6.42 Å². The van der Waals surface area contributed by atoms with E-state index in [1.807, 2.05) is 13.8 Å². The lowest BCUT2D eigenvalue weighted by Gasteiger charge is -2.18. The van der Waals surface area contributed by atoms with Crippen LogP contribution >= 0.6 is 22.6 Å². The summed E-state index contributed by atoms with van der Waals surface area (Å²) in [7, 11) is 0. The molecule has 0 spiro atoms. The molecule has 1 heterocycles. The maximum absolute atomic E-state index is 11.9. The number of fused-ring (bicyclic) bond motifs is 1. The van der Waals surface area contributed by atoms with Crippen LogP contribution in [-0.2, 0) is 16.0 Å². The number of hydrogen-bond donors (Lipinski definition) is 0. The number of carbonyl (C=O) groups is 2. The van der Waals surface area contributed by atoms with Crippen LogP contribution in [0.4, 0.5) is 0 Å². The number of esters is 2. The van der Waals surface area contributed by atoms with E-state index in [0.29, 0.717) is 17.9 Å². The van der Waals surface area contributed by atoms with E-state index in [9.17, 15) is 9.59 Å². The van der Waals surface area contributed by atoms with Crippen molar-refractivity contribution in [2.45, 2.75) is 30.1 Å².